The van der Waals surface area contributed by atoms with Gasteiger partial charge in [-0.15, -0.1) is 0 Å². The molecule has 0 fully saturated rings. The first-order valence-electron chi connectivity index (χ1n) is 10.4. The summed E-state index contributed by atoms with van der Waals surface area (Å²) in [6.45, 7) is 1.81. The van der Waals surface area contributed by atoms with Crippen molar-refractivity contribution < 1.29 is 24.3 Å². The number of nitrogens with one attached hydrogen (secondary N) is 3. The van der Waals surface area contributed by atoms with Gasteiger partial charge in [0.15, 0.2) is 0 Å². The van der Waals surface area contributed by atoms with Crippen LogP contribution in [0.25, 0.3) is 0 Å². The number of rotatable bonds is 14. The number of amides is 3. The highest BCUT2D eigenvalue weighted by Gasteiger charge is 2.28. The van der Waals surface area contributed by atoms with Crippen LogP contribution >= 0.6 is 12.6 Å². The summed E-state index contributed by atoms with van der Waals surface area (Å²) in [5, 5.41) is 16.4. The van der Waals surface area contributed by atoms with Crippen molar-refractivity contribution in [3.8, 4) is 0 Å². The Labute approximate surface area is 193 Å². The minimum absolute atomic E-state index is 0.0610. The number of benzene rings is 1. The third-order valence-electron chi connectivity index (χ3n) is 4.77. The molecule has 178 valence electrons. The molecule has 4 atom stereocenters. The Morgan fingerprint density at radius 3 is 2.12 bits per heavy atom. The standard InChI is InChI=1S/C21H33N5O5S/c1-13(21(30)31)24-20(29)17(12-32)26-19(28)16(11-14-7-3-2-4-8-14)25-18(27)15(23)9-5-6-10-22/h2-4,7-8,13,15-17,32H,5-6,9-12,22-23H2,1H3,(H,24,29)(H,25,27)(H,26,28)(H,30,31). The summed E-state index contributed by atoms with van der Waals surface area (Å²) >= 11 is 4.08. The highest BCUT2D eigenvalue weighted by Crippen LogP contribution is 2.06. The summed E-state index contributed by atoms with van der Waals surface area (Å²) in [6.07, 6.45) is 2.03. The maximum atomic E-state index is 12.9. The minimum atomic E-state index is -1.21. The zero-order valence-electron chi connectivity index (χ0n) is 18.1. The normalized spacial score (nSPS) is 14.5. The predicted octanol–water partition coefficient (Wildman–Crippen LogP) is -0.826. The van der Waals surface area contributed by atoms with Crippen molar-refractivity contribution in [1.29, 1.82) is 0 Å². The van der Waals surface area contributed by atoms with E-state index in [1.54, 1.807) is 0 Å². The maximum Gasteiger partial charge on any atom is 0.325 e. The number of carbonyl (C=O) groups excluding carboxylic acids is 3. The van der Waals surface area contributed by atoms with Crippen LogP contribution in [0.3, 0.4) is 0 Å². The van der Waals surface area contributed by atoms with Gasteiger partial charge in [-0.1, -0.05) is 36.8 Å². The highest BCUT2D eigenvalue weighted by molar-refractivity contribution is 7.80. The van der Waals surface area contributed by atoms with Crippen molar-refractivity contribution in [3.63, 3.8) is 0 Å². The van der Waals surface area contributed by atoms with Crippen LogP contribution in [0.15, 0.2) is 30.3 Å². The van der Waals surface area contributed by atoms with Crippen LogP contribution in [0.4, 0.5) is 0 Å². The van der Waals surface area contributed by atoms with E-state index in [2.05, 4.69) is 28.6 Å². The third kappa shape index (κ3) is 9.67. The van der Waals surface area contributed by atoms with Gasteiger partial charge in [-0.25, -0.2) is 0 Å². The average molecular weight is 468 g/mol. The second-order valence-corrected chi connectivity index (χ2v) is 7.82. The molecule has 4 unspecified atom stereocenters. The molecule has 11 heteroatoms. The number of carboxylic acid groups (broad SMARTS) is 1. The van der Waals surface area contributed by atoms with E-state index in [9.17, 15) is 19.2 Å². The SMILES string of the molecule is CC(NC(=O)C(CS)NC(=O)C(Cc1ccccc1)NC(=O)C(N)CCCCN)C(=O)O. The lowest BCUT2D eigenvalue weighted by Gasteiger charge is -2.24. The Kier molecular flexibility index (Phi) is 12.4. The van der Waals surface area contributed by atoms with E-state index < -0.39 is 47.9 Å². The molecule has 0 aromatic heterocycles. The van der Waals surface area contributed by atoms with Gasteiger partial charge in [0, 0.05) is 12.2 Å². The molecule has 0 saturated carbocycles. The van der Waals surface area contributed by atoms with Gasteiger partial charge in [0.25, 0.3) is 0 Å². The molecule has 3 amide bonds. The summed E-state index contributed by atoms with van der Waals surface area (Å²) in [4.78, 5) is 48.8. The van der Waals surface area contributed by atoms with Crippen LogP contribution in [0.1, 0.15) is 31.7 Å². The smallest absolute Gasteiger partial charge is 0.325 e. The van der Waals surface area contributed by atoms with Crippen molar-refractivity contribution >= 4 is 36.3 Å². The lowest BCUT2D eigenvalue weighted by atomic mass is 10.0. The fraction of sp³-hybridized carbons (Fsp3) is 0.524. The minimum Gasteiger partial charge on any atom is -0.480 e. The van der Waals surface area contributed by atoms with Crippen LogP contribution in [0.2, 0.25) is 0 Å². The van der Waals surface area contributed by atoms with Gasteiger partial charge < -0.3 is 32.5 Å². The molecular weight excluding hydrogens is 434 g/mol. The van der Waals surface area contributed by atoms with Crippen LogP contribution in [0.5, 0.6) is 0 Å². The third-order valence-corrected chi connectivity index (χ3v) is 5.13. The zero-order valence-corrected chi connectivity index (χ0v) is 19.0. The Bertz CT molecular complexity index is 764. The van der Waals surface area contributed by atoms with Crippen LogP contribution in [-0.2, 0) is 25.6 Å². The van der Waals surface area contributed by atoms with Crippen LogP contribution in [0, 0.1) is 0 Å². The molecule has 32 heavy (non-hydrogen) atoms. The van der Waals surface area contributed by atoms with E-state index in [0.29, 0.717) is 19.4 Å². The van der Waals surface area contributed by atoms with E-state index in [-0.39, 0.29) is 12.2 Å². The number of thiol groups is 1. The van der Waals surface area contributed by atoms with Gasteiger partial charge in [0.05, 0.1) is 6.04 Å². The predicted molar refractivity (Wildman–Crippen MR) is 124 cm³/mol. The van der Waals surface area contributed by atoms with E-state index in [1.807, 2.05) is 30.3 Å². The number of carbonyl (C=O) groups is 4. The molecule has 1 rings (SSSR count). The second kappa shape index (κ2) is 14.4. The molecule has 0 aliphatic rings. The number of unbranched alkanes of at least 4 members (excludes halogenated alkanes) is 1. The molecule has 10 nitrogen and oxygen atoms in total. The Balaban J connectivity index is 2.89. The summed E-state index contributed by atoms with van der Waals surface area (Å²) < 4.78 is 0. The van der Waals surface area contributed by atoms with Crippen molar-refractivity contribution in [1.82, 2.24) is 16.0 Å². The molecule has 0 spiro atoms. The summed E-state index contributed by atoms with van der Waals surface area (Å²) in [5.74, 6) is -3.04. The molecule has 0 aliphatic heterocycles. The second-order valence-electron chi connectivity index (χ2n) is 7.45. The van der Waals surface area contributed by atoms with Gasteiger partial charge in [-0.3, -0.25) is 19.2 Å². The molecule has 1 aromatic rings. The average Bonchev–Trinajstić information content (AvgIpc) is 2.77. The zero-order chi connectivity index (χ0) is 24.1. The van der Waals surface area contributed by atoms with Gasteiger partial charge >= 0.3 is 5.97 Å². The van der Waals surface area contributed by atoms with Crippen LogP contribution < -0.4 is 27.4 Å². The number of nitrogens with two attached hydrogens (primary N) is 2. The number of carboxylic acids is 1. The lowest BCUT2D eigenvalue weighted by Crippen LogP contribution is -2.57. The topological polar surface area (TPSA) is 177 Å². The van der Waals surface area contributed by atoms with E-state index in [0.717, 1.165) is 12.0 Å². The van der Waals surface area contributed by atoms with Crippen molar-refractivity contribution in [2.45, 2.75) is 56.8 Å². The largest absolute Gasteiger partial charge is 0.480 e. The van der Waals surface area contributed by atoms with Gasteiger partial charge in [-0.2, -0.15) is 12.6 Å². The quantitative estimate of drug-likeness (QED) is 0.138. The van der Waals surface area contributed by atoms with E-state index in [1.165, 1.54) is 6.92 Å². The fourth-order valence-corrected chi connectivity index (χ4v) is 3.08. The lowest BCUT2D eigenvalue weighted by molar-refractivity contribution is -0.141. The van der Waals surface area contributed by atoms with E-state index >= 15 is 0 Å². The van der Waals surface area contributed by atoms with Crippen LogP contribution in [-0.4, -0.2) is 65.3 Å². The first kappa shape index (κ1) is 27.4. The van der Waals surface area contributed by atoms with Gasteiger partial charge in [0.2, 0.25) is 17.7 Å². The van der Waals surface area contributed by atoms with Crippen molar-refractivity contribution in [2.24, 2.45) is 11.5 Å². The number of aliphatic carboxylic acids is 1. The van der Waals surface area contributed by atoms with Gasteiger partial charge in [0.1, 0.15) is 18.1 Å². The molecule has 0 heterocycles. The van der Waals surface area contributed by atoms with Gasteiger partial charge in [-0.05, 0) is 31.9 Å². The first-order valence-corrected chi connectivity index (χ1v) is 11.1. The van der Waals surface area contributed by atoms with E-state index in [4.69, 9.17) is 16.6 Å². The monoisotopic (exact) mass is 467 g/mol. The molecule has 8 N–H and O–H groups in total. The number of hydrogen-bond acceptors (Lipinski definition) is 7. The maximum absolute atomic E-state index is 12.9. The summed E-state index contributed by atoms with van der Waals surface area (Å²) in [5.41, 5.74) is 12.2. The molecule has 0 saturated heterocycles. The summed E-state index contributed by atoms with van der Waals surface area (Å²) in [7, 11) is 0. The molecule has 0 bridgehead atoms. The molecule has 0 radical (unpaired) electrons. The fourth-order valence-electron chi connectivity index (χ4n) is 2.82. The molecule has 1 aromatic carbocycles. The molecular formula is C21H33N5O5S. The first-order chi connectivity index (χ1) is 15.2. The summed E-state index contributed by atoms with van der Waals surface area (Å²) in [6, 6.07) is 5.06. The Morgan fingerprint density at radius 1 is 0.969 bits per heavy atom. The Morgan fingerprint density at radius 2 is 1.56 bits per heavy atom. The van der Waals surface area contributed by atoms with Crippen molar-refractivity contribution in [3.05, 3.63) is 35.9 Å². The number of hydrogen-bond donors (Lipinski definition) is 7. The highest BCUT2D eigenvalue weighted by atomic mass is 32.1. The van der Waals surface area contributed by atoms with Crippen molar-refractivity contribution in [2.75, 3.05) is 12.3 Å². The molecule has 0 aliphatic carbocycles. The Hall–Kier alpha value is -2.63.